The van der Waals surface area contributed by atoms with E-state index in [0.717, 1.165) is 5.56 Å². The van der Waals surface area contributed by atoms with E-state index in [-0.39, 0.29) is 0 Å². The minimum absolute atomic E-state index is 0.361. The van der Waals surface area contributed by atoms with Gasteiger partial charge in [0, 0.05) is 0 Å². The molecule has 3 aliphatic rings. The van der Waals surface area contributed by atoms with Crippen LogP contribution in [-0.4, -0.2) is 25.4 Å². The lowest BCUT2D eigenvalue weighted by Gasteiger charge is -2.45. The largest absolute Gasteiger partial charge is 0.328 e. The third-order valence-electron chi connectivity index (χ3n) is 7.97. The Kier molecular flexibility index (Phi) is 7.59. The summed E-state index contributed by atoms with van der Waals surface area (Å²) in [6, 6.07) is 7.31. The van der Waals surface area contributed by atoms with Gasteiger partial charge in [0.25, 0.3) is 0 Å². The SMILES string of the molecule is Cc1ccc(S(=O)(=O)O[P+](C2CCCCC2)(C2CCCCC2)C2CCCCC2)cc1. The summed E-state index contributed by atoms with van der Waals surface area (Å²) in [7, 11) is -5.84. The summed E-state index contributed by atoms with van der Waals surface area (Å²) in [6.45, 7) is 2.00. The van der Waals surface area contributed by atoms with Gasteiger partial charge in [-0.15, -0.1) is 3.97 Å². The van der Waals surface area contributed by atoms with Gasteiger partial charge < -0.3 is 0 Å². The number of benzene rings is 1. The van der Waals surface area contributed by atoms with Gasteiger partial charge in [-0.1, -0.05) is 37.0 Å². The quantitative estimate of drug-likeness (QED) is 0.418. The highest BCUT2D eigenvalue weighted by Gasteiger charge is 2.62. The second-order valence-corrected chi connectivity index (χ2v) is 15.7. The summed E-state index contributed by atoms with van der Waals surface area (Å²) >= 11 is 0. The van der Waals surface area contributed by atoms with Crippen LogP contribution in [0.1, 0.15) is 102 Å². The molecule has 0 amide bonds. The third-order valence-corrected chi connectivity index (χ3v) is 15.6. The minimum Gasteiger partial charge on any atom is -0.191 e. The molecule has 0 aromatic heterocycles. The van der Waals surface area contributed by atoms with Crippen LogP contribution in [0, 0.1) is 6.92 Å². The second kappa shape index (κ2) is 10.0. The molecule has 3 nitrogen and oxygen atoms in total. The number of hydrogen-bond acceptors (Lipinski definition) is 3. The maximum absolute atomic E-state index is 13.7. The molecule has 1 aromatic carbocycles. The van der Waals surface area contributed by atoms with E-state index in [4.69, 9.17) is 3.97 Å². The van der Waals surface area contributed by atoms with Crippen molar-refractivity contribution in [2.45, 2.75) is 125 Å². The summed E-state index contributed by atoms with van der Waals surface area (Å²) < 4.78 is 34.1. The van der Waals surface area contributed by atoms with Gasteiger partial charge in [0.2, 0.25) is 0 Å². The summed E-state index contributed by atoms with van der Waals surface area (Å²) in [6.07, 6.45) is 18.5. The lowest BCUT2D eigenvalue weighted by Crippen LogP contribution is -2.38. The van der Waals surface area contributed by atoms with Crippen LogP contribution in [0.2, 0.25) is 0 Å². The van der Waals surface area contributed by atoms with Gasteiger partial charge in [-0.25, -0.2) is 0 Å². The van der Waals surface area contributed by atoms with E-state index in [9.17, 15) is 8.42 Å². The maximum Gasteiger partial charge on any atom is 0.328 e. The predicted octanol–water partition coefficient (Wildman–Crippen LogP) is 7.63. The summed E-state index contributed by atoms with van der Waals surface area (Å²) in [5.74, 6) is 0. The van der Waals surface area contributed by atoms with Gasteiger partial charge in [0.15, 0.2) is 7.49 Å². The topological polar surface area (TPSA) is 43.4 Å². The van der Waals surface area contributed by atoms with Gasteiger partial charge in [0.1, 0.15) is 0 Å². The summed E-state index contributed by atoms with van der Waals surface area (Å²) in [5, 5.41) is 0. The molecule has 4 rings (SSSR count). The first-order chi connectivity index (χ1) is 14.5. The van der Waals surface area contributed by atoms with Crippen LogP contribution >= 0.6 is 7.49 Å². The van der Waals surface area contributed by atoms with E-state index >= 15 is 0 Å². The fraction of sp³-hybridized carbons (Fsp3) is 0.760. The number of rotatable bonds is 6. The van der Waals surface area contributed by atoms with Crippen LogP contribution in [-0.2, 0) is 14.1 Å². The normalized spacial score (nSPS) is 23.5. The molecule has 0 spiro atoms. The molecule has 0 bridgehead atoms. The van der Waals surface area contributed by atoms with Crippen LogP contribution in [0.5, 0.6) is 0 Å². The Labute approximate surface area is 184 Å². The molecule has 0 atom stereocenters. The van der Waals surface area contributed by atoms with Crippen molar-refractivity contribution in [3.8, 4) is 0 Å². The van der Waals surface area contributed by atoms with E-state index in [1.165, 1.54) is 96.3 Å². The molecule has 1 aromatic rings. The standard InChI is InChI=1S/C25H40O3PS/c1-21-17-19-25(20-18-21)30(26,27)28-29(22-11-5-2-6-12-22,23-13-7-3-8-14-23)24-15-9-4-10-16-24/h17-20,22-24H,2-16H2,1H3/q+1. The van der Waals surface area contributed by atoms with Gasteiger partial charge in [-0.2, -0.15) is 8.42 Å². The van der Waals surface area contributed by atoms with Crippen molar-refractivity contribution in [3.63, 3.8) is 0 Å². The Morgan fingerprint density at radius 3 is 1.40 bits per heavy atom. The van der Waals surface area contributed by atoms with Crippen molar-refractivity contribution in [1.29, 1.82) is 0 Å². The molecule has 168 valence electrons. The van der Waals surface area contributed by atoms with Gasteiger partial charge >= 0.3 is 10.1 Å². The molecular weight excluding hydrogens is 411 g/mol. The predicted molar refractivity (Wildman–Crippen MR) is 127 cm³/mol. The van der Waals surface area contributed by atoms with E-state index in [0.29, 0.717) is 21.9 Å². The van der Waals surface area contributed by atoms with Gasteiger partial charge in [-0.3, -0.25) is 0 Å². The maximum atomic E-state index is 13.7. The number of aryl methyl sites for hydroxylation is 1. The van der Waals surface area contributed by atoms with Gasteiger partial charge in [-0.05, 0) is 96.1 Å². The monoisotopic (exact) mass is 451 g/mol. The van der Waals surface area contributed by atoms with Crippen LogP contribution in [0.25, 0.3) is 0 Å². The molecule has 0 aliphatic heterocycles. The Hall–Kier alpha value is -0.440. The summed E-state index contributed by atoms with van der Waals surface area (Å²) in [4.78, 5) is 0.361. The lowest BCUT2D eigenvalue weighted by molar-refractivity contribution is 0.399. The Bertz CT molecular complexity index is 726. The zero-order valence-electron chi connectivity index (χ0n) is 18.7. The van der Waals surface area contributed by atoms with Crippen molar-refractivity contribution in [3.05, 3.63) is 29.8 Å². The zero-order valence-corrected chi connectivity index (χ0v) is 20.4. The van der Waals surface area contributed by atoms with Crippen LogP contribution < -0.4 is 0 Å². The highest BCUT2D eigenvalue weighted by molar-refractivity contribution is 7.94. The fourth-order valence-electron chi connectivity index (χ4n) is 6.45. The highest BCUT2D eigenvalue weighted by Crippen LogP contribution is 2.78. The van der Waals surface area contributed by atoms with Gasteiger partial charge in [0.05, 0.1) is 21.9 Å². The number of hydrogen-bond donors (Lipinski definition) is 0. The molecule has 0 saturated heterocycles. The van der Waals surface area contributed by atoms with Crippen molar-refractivity contribution in [1.82, 2.24) is 0 Å². The minimum atomic E-state index is -3.73. The molecule has 30 heavy (non-hydrogen) atoms. The Morgan fingerprint density at radius 1 is 0.667 bits per heavy atom. The smallest absolute Gasteiger partial charge is 0.191 e. The molecule has 0 heterocycles. The molecule has 5 heteroatoms. The van der Waals surface area contributed by atoms with Crippen molar-refractivity contribution in [2.24, 2.45) is 0 Å². The second-order valence-electron chi connectivity index (χ2n) is 9.98. The first kappa shape index (κ1) is 22.7. The average Bonchev–Trinajstić information content (AvgIpc) is 2.79. The van der Waals surface area contributed by atoms with Crippen molar-refractivity contribution < 1.29 is 12.4 Å². The van der Waals surface area contributed by atoms with Crippen molar-refractivity contribution >= 4 is 17.6 Å². The van der Waals surface area contributed by atoms with Crippen molar-refractivity contribution in [2.75, 3.05) is 0 Å². The lowest BCUT2D eigenvalue weighted by atomic mass is 9.99. The third kappa shape index (κ3) is 4.81. The van der Waals surface area contributed by atoms with Crippen LogP contribution in [0.4, 0.5) is 0 Å². The molecule has 3 saturated carbocycles. The van der Waals surface area contributed by atoms with Crippen LogP contribution in [0.3, 0.4) is 0 Å². The van der Waals surface area contributed by atoms with E-state index in [2.05, 4.69) is 0 Å². The van der Waals surface area contributed by atoms with Crippen LogP contribution in [0.15, 0.2) is 29.2 Å². The average molecular weight is 452 g/mol. The molecule has 0 N–H and O–H groups in total. The molecule has 0 unspecified atom stereocenters. The first-order valence-electron chi connectivity index (χ1n) is 12.4. The molecule has 3 fully saturated rings. The first-order valence-corrected chi connectivity index (χ1v) is 15.8. The Balaban J connectivity index is 1.76. The molecular formula is C25H40O3PS+. The van der Waals surface area contributed by atoms with E-state index < -0.39 is 17.6 Å². The zero-order chi connectivity index (χ0) is 21.0. The van der Waals surface area contributed by atoms with E-state index in [1.807, 2.05) is 19.1 Å². The molecule has 3 aliphatic carbocycles. The molecule has 0 radical (unpaired) electrons. The van der Waals surface area contributed by atoms with E-state index in [1.54, 1.807) is 12.1 Å². The highest BCUT2D eigenvalue weighted by atomic mass is 32.2. The Morgan fingerprint density at radius 2 is 1.03 bits per heavy atom. The fourth-order valence-corrected chi connectivity index (χ4v) is 15.4. The summed E-state index contributed by atoms with van der Waals surface area (Å²) in [5.41, 5.74) is 2.58.